The number of anilines is 1. The van der Waals surface area contributed by atoms with Crippen molar-refractivity contribution in [2.75, 3.05) is 25.1 Å². The summed E-state index contributed by atoms with van der Waals surface area (Å²) in [5.74, 6) is -0.588. The van der Waals surface area contributed by atoms with Crippen LogP contribution in [0.15, 0.2) is 54.6 Å². The van der Waals surface area contributed by atoms with Crippen molar-refractivity contribution in [3.05, 3.63) is 66.0 Å². The minimum Gasteiger partial charge on any atom is -0.389 e. The molecule has 0 aromatic heterocycles. The third kappa shape index (κ3) is 6.31. The number of aliphatic hydroxyl groups excluding tert-OH is 1. The maximum absolute atomic E-state index is 13.8. The lowest BCUT2D eigenvalue weighted by atomic mass is 9.95. The van der Waals surface area contributed by atoms with Crippen LogP contribution in [-0.2, 0) is 20.8 Å². The van der Waals surface area contributed by atoms with Gasteiger partial charge in [0, 0.05) is 17.8 Å². The number of amides is 3. The Kier molecular flexibility index (Phi) is 8.10. The fourth-order valence-corrected chi connectivity index (χ4v) is 4.41. The predicted molar refractivity (Wildman–Crippen MR) is 124 cm³/mol. The van der Waals surface area contributed by atoms with Crippen molar-refractivity contribution in [1.82, 2.24) is 10.2 Å². The number of para-hydroxylation sites is 1. The molecule has 2 aromatic carbocycles. The normalized spacial score (nSPS) is 24.9. The number of hydrogen-bond donors (Lipinski definition) is 3. The van der Waals surface area contributed by atoms with Crippen molar-refractivity contribution in [2.24, 2.45) is 0 Å². The maximum Gasteiger partial charge on any atom is 0.322 e. The van der Waals surface area contributed by atoms with Crippen molar-refractivity contribution >= 4 is 17.6 Å². The molecular formula is C25H30FN3O5. The summed E-state index contributed by atoms with van der Waals surface area (Å²) in [6.45, 7) is 0.537. The summed E-state index contributed by atoms with van der Waals surface area (Å²) in [6, 6.07) is 14.8. The van der Waals surface area contributed by atoms with Crippen molar-refractivity contribution in [3.63, 3.8) is 0 Å². The van der Waals surface area contributed by atoms with Crippen LogP contribution in [0.2, 0.25) is 0 Å². The molecule has 2 aliphatic rings. The van der Waals surface area contributed by atoms with Gasteiger partial charge in [0.2, 0.25) is 5.91 Å². The lowest BCUT2D eigenvalue weighted by Crippen LogP contribution is -2.58. The van der Waals surface area contributed by atoms with Gasteiger partial charge in [-0.2, -0.15) is 0 Å². The number of fused-ring (bicyclic) bond motifs is 1. The van der Waals surface area contributed by atoms with Crippen LogP contribution in [-0.4, -0.2) is 66.1 Å². The van der Waals surface area contributed by atoms with Crippen LogP contribution in [0.5, 0.6) is 0 Å². The fraction of sp³-hybridized carbons (Fsp3) is 0.440. The highest BCUT2D eigenvalue weighted by Gasteiger charge is 2.40. The summed E-state index contributed by atoms with van der Waals surface area (Å²) in [5.41, 5.74) is 1.09. The lowest BCUT2D eigenvalue weighted by Gasteiger charge is -2.44. The Hall–Kier alpha value is -3.01. The Labute approximate surface area is 198 Å². The average molecular weight is 472 g/mol. The van der Waals surface area contributed by atoms with Gasteiger partial charge in [0.25, 0.3) is 0 Å². The van der Waals surface area contributed by atoms with E-state index in [1.165, 1.54) is 6.07 Å². The largest absolute Gasteiger partial charge is 0.389 e. The van der Waals surface area contributed by atoms with Gasteiger partial charge in [0.15, 0.2) is 0 Å². The van der Waals surface area contributed by atoms with Crippen molar-refractivity contribution in [2.45, 2.75) is 50.2 Å². The maximum atomic E-state index is 13.8. The molecule has 0 spiro atoms. The van der Waals surface area contributed by atoms with E-state index in [1.807, 2.05) is 18.2 Å². The van der Waals surface area contributed by atoms with Gasteiger partial charge in [0.05, 0.1) is 44.4 Å². The molecule has 182 valence electrons. The second kappa shape index (κ2) is 11.4. The molecule has 0 saturated carbocycles. The number of nitrogens with zero attached hydrogens (tertiary/aromatic N) is 1. The first-order valence-corrected chi connectivity index (χ1v) is 11.5. The van der Waals surface area contributed by atoms with E-state index >= 15 is 0 Å². The van der Waals surface area contributed by atoms with E-state index in [0.29, 0.717) is 24.1 Å². The van der Waals surface area contributed by atoms with Crippen LogP contribution in [0, 0.1) is 5.82 Å². The van der Waals surface area contributed by atoms with Gasteiger partial charge < -0.3 is 30.1 Å². The Morgan fingerprint density at radius 2 is 1.82 bits per heavy atom. The minimum absolute atomic E-state index is 0.0927. The topological polar surface area (TPSA) is 100 Å². The van der Waals surface area contributed by atoms with Gasteiger partial charge >= 0.3 is 6.03 Å². The molecule has 34 heavy (non-hydrogen) atoms. The van der Waals surface area contributed by atoms with E-state index in [1.54, 1.807) is 35.2 Å². The fourth-order valence-electron chi connectivity index (χ4n) is 4.41. The number of hydrogen-bond acceptors (Lipinski definition) is 5. The highest BCUT2D eigenvalue weighted by Crippen LogP contribution is 2.28. The van der Waals surface area contributed by atoms with Gasteiger partial charge in [-0.25, -0.2) is 9.18 Å². The molecule has 3 amide bonds. The molecule has 2 fully saturated rings. The van der Waals surface area contributed by atoms with E-state index < -0.39 is 12.2 Å². The van der Waals surface area contributed by atoms with Crippen molar-refractivity contribution in [1.29, 1.82) is 0 Å². The van der Waals surface area contributed by atoms with Gasteiger partial charge in [-0.05, 0) is 31.0 Å². The van der Waals surface area contributed by atoms with Crippen LogP contribution in [0.1, 0.15) is 24.8 Å². The SMILES string of the molecule is O=C(C[C@@H]1CC[C@@H]2[C@H](COC[C@H](O)CN2C(=O)Nc2ccccc2)O1)NCc1ccccc1F. The number of urea groups is 1. The number of carbonyl (C=O) groups is 2. The third-order valence-corrected chi connectivity index (χ3v) is 6.11. The van der Waals surface area contributed by atoms with E-state index in [-0.39, 0.29) is 62.6 Å². The zero-order valence-electron chi connectivity index (χ0n) is 18.9. The summed E-state index contributed by atoms with van der Waals surface area (Å²) in [7, 11) is 0. The molecule has 2 saturated heterocycles. The average Bonchev–Trinajstić information content (AvgIpc) is 2.82. The first-order chi connectivity index (χ1) is 16.5. The summed E-state index contributed by atoms with van der Waals surface area (Å²) >= 11 is 0. The van der Waals surface area contributed by atoms with Gasteiger partial charge in [-0.3, -0.25) is 4.79 Å². The number of benzene rings is 2. The summed E-state index contributed by atoms with van der Waals surface area (Å²) in [6.07, 6.45) is -0.255. The lowest BCUT2D eigenvalue weighted by molar-refractivity contribution is -0.149. The molecule has 8 nitrogen and oxygen atoms in total. The molecule has 2 aliphatic heterocycles. The summed E-state index contributed by atoms with van der Waals surface area (Å²) in [4.78, 5) is 27.1. The number of nitrogens with one attached hydrogen (secondary N) is 2. The quantitative estimate of drug-likeness (QED) is 0.623. The molecule has 0 bridgehead atoms. The second-order valence-corrected chi connectivity index (χ2v) is 8.65. The Morgan fingerprint density at radius 1 is 1.06 bits per heavy atom. The molecule has 0 unspecified atom stereocenters. The number of ether oxygens (including phenoxy) is 2. The third-order valence-electron chi connectivity index (χ3n) is 6.11. The van der Waals surface area contributed by atoms with Gasteiger partial charge in [-0.1, -0.05) is 36.4 Å². The Balaban J connectivity index is 1.35. The van der Waals surface area contributed by atoms with Gasteiger partial charge in [-0.15, -0.1) is 0 Å². The summed E-state index contributed by atoms with van der Waals surface area (Å²) < 4.78 is 25.6. The highest BCUT2D eigenvalue weighted by atomic mass is 19.1. The standard InChI is InChI=1S/C25H30FN3O5/c26-21-9-5-4-6-17(21)13-27-24(31)12-20-10-11-22-23(34-20)16-33-15-19(30)14-29(22)25(32)28-18-7-2-1-3-8-18/h1-9,19-20,22-23,30H,10-16H2,(H,27,31)(H,28,32)/t19-,20+,22-,23+/m1/s1. The minimum atomic E-state index is -0.802. The molecular weight excluding hydrogens is 441 g/mol. The second-order valence-electron chi connectivity index (χ2n) is 8.65. The molecule has 0 radical (unpaired) electrons. The molecule has 0 aliphatic carbocycles. The number of β-amino-alcohol motifs (C(OH)–C–C–N with tert-alkyl or cyclic N) is 1. The van der Waals surface area contributed by atoms with E-state index in [2.05, 4.69) is 10.6 Å². The van der Waals surface area contributed by atoms with E-state index in [0.717, 1.165) is 0 Å². The number of halogens is 1. The number of rotatable bonds is 5. The molecule has 2 heterocycles. The predicted octanol–water partition coefficient (Wildman–Crippen LogP) is 2.67. The van der Waals surface area contributed by atoms with Crippen molar-refractivity contribution in [3.8, 4) is 0 Å². The molecule has 4 atom stereocenters. The first kappa shape index (κ1) is 24.1. The van der Waals surface area contributed by atoms with Gasteiger partial charge in [0.1, 0.15) is 11.9 Å². The van der Waals surface area contributed by atoms with Crippen LogP contribution >= 0.6 is 0 Å². The Bertz CT molecular complexity index is 976. The van der Waals surface area contributed by atoms with Crippen LogP contribution < -0.4 is 10.6 Å². The van der Waals surface area contributed by atoms with Crippen LogP contribution in [0.3, 0.4) is 0 Å². The molecule has 9 heteroatoms. The Morgan fingerprint density at radius 3 is 2.62 bits per heavy atom. The zero-order chi connectivity index (χ0) is 23.9. The van der Waals surface area contributed by atoms with Crippen molar-refractivity contribution < 1.29 is 28.6 Å². The smallest absolute Gasteiger partial charge is 0.322 e. The monoisotopic (exact) mass is 471 g/mol. The molecule has 4 rings (SSSR count). The number of aliphatic hydroxyl groups is 1. The molecule has 2 aromatic rings. The first-order valence-electron chi connectivity index (χ1n) is 11.5. The van der Waals surface area contributed by atoms with Crippen LogP contribution in [0.25, 0.3) is 0 Å². The van der Waals surface area contributed by atoms with E-state index in [9.17, 15) is 19.1 Å². The zero-order valence-corrected chi connectivity index (χ0v) is 18.9. The summed E-state index contributed by atoms with van der Waals surface area (Å²) in [5, 5.41) is 15.9. The van der Waals surface area contributed by atoms with E-state index in [4.69, 9.17) is 9.47 Å². The number of carbonyl (C=O) groups excluding carboxylic acids is 2. The van der Waals surface area contributed by atoms with Crippen LogP contribution in [0.4, 0.5) is 14.9 Å². The highest BCUT2D eigenvalue weighted by molar-refractivity contribution is 5.89. The molecule has 3 N–H and O–H groups in total.